The molecule has 0 aromatic heterocycles. The Labute approximate surface area is 98.1 Å². The number of nitrogen functional groups attached to an aromatic ring is 1. The Morgan fingerprint density at radius 1 is 1.06 bits per heavy atom. The second kappa shape index (κ2) is 4.65. The van der Waals surface area contributed by atoms with Crippen molar-refractivity contribution >= 4 is 17.3 Å². The lowest BCUT2D eigenvalue weighted by atomic mass is 10.1. The van der Waals surface area contributed by atoms with Gasteiger partial charge in [-0.05, 0) is 24.3 Å². The van der Waals surface area contributed by atoms with E-state index >= 15 is 0 Å². The largest absolute Gasteiger partial charge is 0.398 e. The third kappa shape index (κ3) is 2.42. The third-order valence-electron chi connectivity index (χ3n) is 2.33. The van der Waals surface area contributed by atoms with Gasteiger partial charge in [0.1, 0.15) is 5.82 Å². The van der Waals surface area contributed by atoms with Crippen molar-refractivity contribution in [3.63, 3.8) is 0 Å². The lowest BCUT2D eigenvalue weighted by Crippen LogP contribution is -2.14. The Hall–Kier alpha value is -2.36. The molecule has 86 valence electrons. The number of nitrogens with two attached hydrogens (primary N) is 1. The zero-order chi connectivity index (χ0) is 12.3. The Balaban J connectivity index is 2.24. The van der Waals surface area contributed by atoms with Crippen molar-refractivity contribution in [1.82, 2.24) is 0 Å². The monoisotopic (exact) mass is 230 g/mol. The lowest BCUT2D eigenvalue weighted by molar-refractivity contribution is 0.102. The lowest BCUT2D eigenvalue weighted by Gasteiger charge is -2.07. The maximum atomic E-state index is 13.3. The van der Waals surface area contributed by atoms with Gasteiger partial charge in [0.25, 0.3) is 5.91 Å². The van der Waals surface area contributed by atoms with Crippen molar-refractivity contribution in [3.8, 4) is 0 Å². The minimum atomic E-state index is -0.477. The molecule has 2 rings (SSSR count). The fourth-order valence-corrected chi connectivity index (χ4v) is 1.46. The number of halogens is 1. The van der Waals surface area contributed by atoms with E-state index in [1.165, 1.54) is 12.1 Å². The molecule has 0 aliphatic rings. The quantitative estimate of drug-likeness (QED) is 0.779. The Kier molecular flexibility index (Phi) is 3.05. The van der Waals surface area contributed by atoms with Gasteiger partial charge < -0.3 is 11.1 Å². The molecule has 2 aromatic carbocycles. The first-order valence-electron chi connectivity index (χ1n) is 5.09. The molecule has 0 saturated heterocycles. The van der Waals surface area contributed by atoms with E-state index in [1.807, 2.05) is 0 Å². The fourth-order valence-electron chi connectivity index (χ4n) is 1.46. The van der Waals surface area contributed by atoms with E-state index in [-0.39, 0.29) is 5.69 Å². The molecule has 0 aliphatic carbocycles. The molecule has 1 amide bonds. The zero-order valence-corrected chi connectivity index (χ0v) is 8.98. The van der Waals surface area contributed by atoms with Crippen LogP contribution >= 0.6 is 0 Å². The highest BCUT2D eigenvalue weighted by Crippen LogP contribution is 2.16. The van der Waals surface area contributed by atoms with Crippen LogP contribution in [0.3, 0.4) is 0 Å². The van der Waals surface area contributed by atoms with Gasteiger partial charge in [-0.2, -0.15) is 0 Å². The fraction of sp³-hybridized carbons (Fsp3) is 0. The SMILES string of the molecule is Nc1ccccc1C(=O)Nc1ccccc1F. The molecule has 0 unspecified atom stereocenters. The van der Waals surface area contributed by atoms with Crippen molar-refractivity contribution in [2.45, 2.75) is 0 Å². The van der Waals surface area contributed by atoms with Gasteiger partial charge in [-0.15, -0.1) is 0 Å². The van der Waals surface area contributed by atoms with E-state index in [4.69, 9.17) is 5.73 Å². The Bertz CT molecular complexity index is 555. The second-order valence-corrected chi connectivity index (χ2v) is 3.52. The molecular formula is C13H11FN2O. The van der Waals surface area contributed by atoms with E-state index in [0.29, 0.717) is 11.3 Å². The highest BCUT2D eigenvalue weighted by Gasteiger charge is 2.10. The van der Waals surface area contributed by atoms with Crippen LogP contribution in [0.15, 0.2) is 48.5 Å². The average molecular weight is 230 g/mol. The van der Waals surface area contributed by atoms with Crippen molar-refractivity contribution < 1.29 is 9.18 Å². The number of hydrogen-bond acceptors (Lipinski definition) is 2. The summed E-state index contributed by atoms with van der Waals surface area (Å²) in [7, 11) is 0. The van der Waals surface area contributed by atoms with Gasteiger partial charge in [-0.1, -0.05) is 24.3 Å². The van der Waals surface area contributed by atoms with Crippen molar-refractivity contribution in [2.24, 2.45) is 0 Å². The van der Waals surface area contributed by atoms with Crippen LogP contribution in [0.4, 0.5) is 15.8 Å². The minimum Gasteiger partial charge on any atom is -0.398 e. The predicted molar refractivity (Wildman–Crippen MR) is 65.2 cm³/mol. The van der Waals surface area contributed by atoms with Crippen LogP contribution in [0, 0.1) is 5.82 Å². The first-order valence-corrected chi connectivity index (χ1v) is 5.09. The maximum Gasteiger partial charge on any atom is 0.257 e. The number of carbonyl (C=O) groups excluding carboxylic acids is 1. The number of benzene rings is 2. The van der Waals surface area contributed by atoms with Gasteiger partial charge in [0, 0.05) is 5.69 Å². The van der Waals surface area contributed by atoms with Gasteiger partial charge in [-0.3, -0.25) is 4.79 Å². The molecular weight excluding hydrogens is 219 g/mol. The topological polar surface area (TPSA) is 55.1 Å². The third-order valence-corrected chi connectivity index (χ3v) is 2.33. The van der Waals surface area contributed by atoms with Crippen LogP contribution in [0.25, 0.3) is 0 Å². The number of nitrogens with one attached hydrogen (secondary N) is 1. The molecule has 3 N–H and O–H groups in total. The van der Waals surface area contributed by atoms with Crippen molar-refractivity contribution in [3.05, 3.63) is 59.9 Å². The van der Waals surface area contributed by atoms with Crippen molar-refractivity contribution in [1.29, 1.82) is 0 Å². The Morgan fingerprint density at radius 3 is 2.41 bits per heavy atom. The summed E-state index contributed by atoms with van der Waals surface area (Å²) < 4.78 is 13.3. The molecule has 0 fully saturated rings. The van der Waals surface area contributed by atoms with E-state index in [0.717, 1.165) is 0 Å². The summed E-state index contributed by atoms with van der Waals surface area (Å²) in [4.78, 5) is 11.8. The number of amides is 1. The molecule has 0 radical (unpaired) electrons. The van der Waals surface area contributed by atoms with Crippen LogP contribution < -0.4 is 11.1 Å². The van der Waals surface area contributed by atoms with E-state index in [9.17, 15) is 9.18 Å². The maximum absolute atomic E-state index is 13.3. The molecule has 0 heterocycles. The van der Waals surface area contributed by atoms with E-state index < -0.39 is 11.7 Å². The summed E-state index contributed by atoms with van der Waals surface area (Å²) in [5.74, 6) is -0.899. The van der Waals surface area contributed by atoms with Crippen LogP contribution in [0.5, 0.6) is 0 Å². The molecule has 0 bridgehead atoms. The van der Waals surface area contributed by atoms with Gasteiger partial charge in [-0.25, -0.2) is 4.39 Å². The van der Waals surface area contributed by atoms with Crippen molar-refractivity contribution in [2.75, 3.05) is 11.1 Å². The molecule has 0 spiro atoms. The zero-order valence-electron chi connectivity index (χ0n) is 8.98. The average Bonchev–Trinajstić information content (AvgIpc) is 2.32. The summed E-state index contributed by atoms with van der Waals surface area (Å²) >= 11 is 0. The highest BCUT2D eigenvalue weighted by atomic mass is 19.1. The van der Waals surface area contributed by atoms with Gasteiger partial charge in [0.2, 0.25) is 0 Å². The summed E-state index contributed by atoms with van der Waals surface area (Å²) in [6.45, 7) is 0. The Morgan fingerprint density at radius 2 is 1.71 bits per heavy atom. The molecule has 4 heteroatoms. The molecule has 0 atom stereocenters. The van der Waals surface area contributed by atoms with Crippen LogP contribution in [-0.2, 0) is 0 Å². The molecule has 0 saturated carbocycles. The number of para-hydroxylation sites is 2. The number of rotatable bonds is 2. The number of anilines is 2. The predicted octanol–water partition coefficient (Wildman–Crippen LogP) is 2.66. The summed E-state index contributed by atoms with van der Waals surface area (Å²) in [6, 6.07) is 12.6. The molecule has 0 aliphatic heterocycles. The van der Waals surface area contributed by atoms with Crippen LogP contribution in [-0.4, -0.2) is 5.91 Å². The van der Waals surface area contributed by atoms with E-state index in [2.05, 4.69) is 5.32 Å². The van der Waals surface area contributed by atoms with Gasteiger partial charge in [0.05, 0.1) is 11.3 Å². The summed E-state index contributed by atoms with van der Waals surface area (Å²) in [5.41, 5.74) is 6.49. The normalized spacial score (nSPS) is 9.94. The first-order chi connectivity index (χ1) is 8.18. The molecule has 3 nitrogen and oxygen atoms in total. The second-order valence-electron chi connectivity index (χ2n) is 3.52. The first kappa shape index (κ1) is 11.1. The van der Waals surface area contributed by atoms with Gasteiger partial charge in [0.15, 0.2) is 0 Å². The van der Waals surface area contributed by atoms with Crippen LogP contribution in [0.1, 0.15) is 10.4 Å². The molecule has 2 aromatic rings. The number of hydrogen-bond donors (Lipinski definition) is 2. The van der Waals surface area contributed by atoms with Gasteiger partial charge >= 0.3 is 0 Å². The number of carbonyl (C=O) groups is 1. The summed E-state index contributed by atoms with van der Waals surface area (Å²) in [5, 5.41) is 2.47. The van der Waals surface area contributed by atoms with Crippen LogP contribution in [0.2, 0.25) is 0 Å². The molecule has 17 heavy (non-hydrogen) atoms. The summed E-state index contributed by atoms with van der Waals surface area (Å²) in [6.07, 6.45) is 0. The highest BCUT2D eigenvalue weighted by molar-refractivity contribution is 6.07. The smallest absolute Gasteiger partial charge is 0.257 e. The minimum absolute atomic E-state index is 0.140. The van der Waals surface area contributed by atoms with E-state index in [1.54, 1.807) is 36.4 Å². The standard InChI is InChI=1S/C13H11FN2O/c14-10-6-2-4-8-12(10)16-13(17)9-5-1-3-7-11(9)15/h1-8H,15H2,(H,16,17).